The van der Waals surface area contributed by atoms with Crippen LogP contribution < -0.4 is 29.9 Å². The number of aryl methyl sites for hydroxylation is 1. The molecule has 0 spiro atoms. The van der Waals surface area contributed by atoms with Crippen LogP contribution in [0.25, 0.3) is 10.9 Å². The third-order valence-electron chi connectivity index (χ3n) is 5.35. The molecule has 2 N–H and O–H groups in total. The standard InChI is InChI=1S/C21H28N8O2/c1-13-10-18(27(2)3)25-20(23-13)28-6-8-29(9-7-28)21-24-15-12-17(31-5)16(30-4)11-14(15)19(22)26-21/h10-12H,6-9H2,1-5H3,(H2,22,24,26). The molecule has 0 bridgehead atoms. The van der Waals surface area contributed by atoms with Crippen molar-refractivity contribution in [3.05, 3.63) is 23.9 Å². The van der Waals surface area contributed by atoms with Crippen LogP contribution in [0.2, 0.25) is 0 Å². The van der Waals surface area contributed by atoms with E-state index in [0.29, 0.717) is 23.3 Å². The van der Waals surface area contributed by atoms with Crippen LogP contribution in [-0.2, 0) is 0 Å². The van der Waals surface area contributed by atoms with E-state index in [1.807, 2.05) is 44.1 Å². The van der Waals surface area contributed by atoms with Gasteiger partial charge in [-0.3, -0.25) is 0 Å². The molecule has 1 aliphatic rings. The predicted octanol–water partition coefficient (Wildman–Crippen LogP) is 1.72. The number of nitrogens with two attached hydrogens (primary N) is 1. The second kappa shape index (κ2) is 8.29. The Hall–Kier alpha value is -3.56. The SMILES string of the molecule is COc1cc2nc(N3CCN(c4nc(C)cc(N(C)C)n4)CC3)nc(N)c2cc1OC. The first-order valence-electron chi connectivity index (χ1n) is 10.1. The molecule has 0 aliphatic carbocycles. The number of hydrogen-bond donors (Lipinski definition) is 1. The summed E-state index contributed by atoms with van der Waals surface area (Å²) in [5.41, 5.74) is 7.92. The van der Waals surface area contributed by atoms with E-state index in [2.05, 4.69) is 19.8 Å². The highest BCUT2D eigenvalue weighted by molar-refractivity contribution is 5.91. The summed E-state index contributed by atoms with van der Waals surface area (Å²) in [7, 11) is 7.16. The number of ether oxygens (including phenoxy) is 2. The zero-order chi connectivity index (χ0) is 22.1. The maximum atomic E-state index is 6.25. The molecule has 10 heteroatoms. The smallest absolute Gasteiger partial charge is 0.228 e. The van der Waals surface area contributed by atoms with Gasteiger partial charge in [0.05, 0.1) is 19.7 Å². The van der Waals surface area contributed by atoms with E-state index in [1.165, 1.54) is 0 Å². The minimum Gasteiger partial charge on any atom is -0.493 e. The van der Waals surface area contributed by atoms with Crippen molar-refractivity contribution in [1.29, 1.82) is 0 Å². The fourth-order valence-electron chi connectivity index (χ4n) is 3.62. The first kappa shape index (κ1) is 20.7. The molecule has 0 amide bonds. The van der Waals surface area contributed by atoms with Gasteiger partial charge in [0.1, 0.15) is 11.6 Å². The van der Waals surface area contributed by atoms with Gasteiger partial charge in [-0.1, -0.05) is 0 Å². The summed E-state index contributed by atoms with van der Waals surface area (Å²) >= 11 is 0. The number of anilines is 4. The van der Waals surface area contributed by atoms with Crippen molar-refractivity contribution >= 4 is 34.4 Å². The van der Waals surface area contributed by atoms with Gasteiger partial charge >= 0.3 is 0 Å². The van der Waals surface area contributed by atoms with Gasteiger partial charge < -0.3 is 29.9 Å². The van der Waals surface area contributed by atoms with Crippen LogP contribution in [0.4, 0.5) is 23.5 Å². The molecule has 4 rings (SSSR count). The van der Waals surface area contributed by atoms with Gasteiger partial charge in [0.25, 0.3) is 0 Å². The maximum Gasteiger partial charge on any atom is 0.228 e. The monoisotopic (exact) mass is 424 g/mol. The number of aromatic nitrogens is 4. The van der Waals surface area contributed by atoms with Crippen LogP contribution in [0.15, 0.2) is 18.2 Å². The summed E-state index contributed by atoms with van der Waals surface area (Å²) < 4.78 is 10.8. The number of nitrogens with zero attached hydrogens (tertiary/aromatic N) is 7. The lowest BCUT2D eigenvalue weighted by atomic mass is 10.2. The summed E-state index contributed by atoms with van der Waals surface area (Å²) in [5.74, 6) is 3.88. The molecule has 10 nitrogen and oxygen atoms in total. The molecular weight excluding hydrogens is 396 g/mol. The number of methoxy groups -OCH3 is 2. The van der Waals surface area contributed by atoms with Crippen molar-refractivity contribution in [2.24, 2.45) is 0 Å². The van der Waals surface area contributed by atoms with E-state index in [9.17, 15) is 0 Å². The quantitative estimate of drug-likeness (QED) is 0.651. The number of fused-ring (bicyclic) bond motifs is 1. The van der Waals surface area contributed by atoms with Crippen molar-refractivity contribution < 1.29 is 9.47 Å². The molecule has 0 atom stereocenters. The van der Waals surface area contributed by atoms with Gasteiger partial charge in [-0.05, 0) is 13.0 Å². The number of rotatable bonds is 5. The third-order valence-corrected chi connectivity index (χ3v) is 5.35. The summed E-state index contributed by atoms with van der Waals surface area (Å²) in [6, 6.07) is 5.62. The van der Waals surface area contributed by atoms with Crippen molar-refractivity contribution in [1.82, 2.24) is 19.9 Å². The lowest BCUT2D eigenvalue weighted by molar-refractivity contribution is 0.356. The number of nitrogen functional groups attached to an aromatic ring is 1. The van der Waals surface area contributed by atoms with E-state index in [1.54, 1.807) is 14.2 Å². The molecule has 1 saturated heterocycles. The Balaban J connectivity index is 1.56. The number of hydrogen-bond acceptors (Lipinski definition) is 10. The topological polar surface area (TPSA) is 106 Å². The van der Waals surface area contributed by atoms with Crippen LogP contribution in [-0.4, -0.2) is 74.4 Å². The highest BCUT2D eigenvalue weighted by Crippen LogP contribution is 2.34. The van der Waals surface area contributed by atoms with Crippen LogP contribution >= 0.6 is 0 Å². The molecule has 0 unspecified atom stereocenters. The average Bonchev–Trinajstić information content (AvgIpc) is 2.77. The van der Waals surface area contributed by atoms with Gasteiger partial charge in [0.15, 0.2) is 11.5 Å². The van der Waals surface area contributed by atoms with Gasteiger partial charge in [-0.2, -0.15) is 9.97 Å². The number of piperazine rings is 1. The van der Waals surface area contributed by atoms with Crippen LogP contribution in [0.1, 0.15) is 5.69 Å². The van der Waals surface area contributed by atoms with E-state index in [4.69, 9.17) is 25.2 Å². The summed E-state index contributed by atoms with van der Waals surface area (Å²) in [5, 5.41) is 0.740. The molecule has 3 aromatic rings. The second-order valence-electron chi connectivity index (χ2n) is 7.67. The Morgan fingerprint density at radius 2 is 1.42 bits per heavy atom. The van der Waals surface area contributed by atoms with Crippen molar-refractivity contribution in [2.75, 3.05) is 74.9 Å². The van der Waals surface area contributed by atoms with Crippen LogP contribution in [0.3, 0.4) is 0 Å². The largest absolute Gasteiger partial charge is 0.493 e. The highest BCUT2D eigenvalue weighted by atomic mass is 16.5. The summed E-state index contributed by atoms with van der Waals surface area (Å²) in [6.07, 6.45) is 0. The number of benzene rings is 1. The lowest BCUT2D eigenvalue weighted by Crippen LogP contribution is -2.47. The van der Waals surface area contributed by atoms with Crippen LogP contribution in [0, 0.1) is 6.92 Å². The minimum atomic E-state index is 0.418. The molecule has 1 fully saturated rings. The molecule has 0 radical (unpaired) electrons. The minimum absolute atomic E-state index is 0.418. The fourth-order valence-corrected chi connectivity index (χ4v) is 3.62. The Kier molecular flexibility index (Phi) is 5.53. The van der Waals surface area contributed by atoms with Crippen molar-refractivity contribution in [2.45, 2.75) is 6.92 Å². The Morgan fingerprint density at radius 1 is 0.839 bits per heavy atom. The average molecular weight is 425 g/mol. The molecule has 3 heterocycles. The highest BCUT2D eigenvalue weighted by Gasteiger charge is 2.23. The molecule has 1 aromatic carbocycles. The maximum absolute atomic E-state index is 6.25. The molecule has 2 aromatic heterocycles. The van der Waals surface area contributed by atoms with Gasteiger partial charge in [0.2, 0.25) is 11.9 Å². The second-order valence-corrected chi connectivity index (χ2v) is 7.67. The predicted molar refractivity (Wildman–Crippen MR) is 123 cm³/mol. The fraction of sp³-hybridized carbons (Fsp3) is 0.429. The zero-order valence-electron chi connectivity index (χ0n) is 18.6. The molecule has 164 valence electrons. The Labute approximate surface area is 181 Å². The molecular formula is C21H28N8O2. The van der Waals surface area contributed by atoms with Crippen molar-refractivity contribution in [3.63, 3.8) is 0 Å². The van der Waals surface area contributed by atoms with Gasteiger partial charge in [0, 0.05) is 63.5 Å². The first-order valence-corrected chi connectivity index (χ1v) is 10.1. The summed E-state index contributed by atoms with van der Waals surface area (Å²) in [4.78, 5) is 24.9. The lowest BCUT2D eigenvalue weighted by Gasteiger charge is -2.35. The van der Waals surface area contributed by atoms with E-state index >= 15 is 0 Å². The zero-order valence-corrected chi connectivity index (χ0v) is 18.6. The first-order chi connectivity index (χ1) is 14.9. The molecule has 1 aliphatic heterocycles. The van der Waals surface area contributed by atoms with Gasteiger partial charge in [-0.15, -0.1) is 0 Å². The van der Waals surface area contributed by atoms with Crippen molar-refractivity contribution in [3.8, 4) is 11.5 Å². The molecule has 31 heavy (non-hydrogen) atoms. The van der Waals surface area contributed by atoms with Gasteiger partial charge in [-0.25, -0.2) is 9.97 Å². The van der Waals surface area contributed by atoms with E-state index in [-0.39, 0.29) is 0 Å². The molecule has 0 saturated carbocycles. The van der Waals surface area contributed by atoms with E-state index in [0.717, 1.165) is 54.5 Å². The summed E-state index contributed by atoms with van der Waals surface area (Å²) in [6.45, 7) is 5.01. The Bertz CT molecular complexity index is 1100. The normalized spacial score (nSPS) is 14.1. The Morgan fingerprint density at radius 3 is 2.00 bits per heavy atom. The third kappa shape index (κ3) is 4.05. The van der Waals surface area contributed by atoms with Crippen LogP contribution in [0.5, 0.6) is 11.5 Å². The van der Waals surface area contributed by atoms with E-state index < -0.39 is 0 Å².